The molecule has 0 saturated heterocycles. The highest BCUT2D eigenvalue weighted by atomic mass is 16.8. The fourth-order valence-corrected chi connectivity index (χ4v) is 0.313. The third kappa shape index (κ3) is 4.73. The second kappa shape index (κ2) is 6.99. The van der Waals surface area contributed by atoms with Crippen molar-refractivity contribution >= 4 is 0 Å². The summed E-state index contributed by atoms with van der Waals surface area (Å²) in [6, 6.07) is 0. The smallest absolute Gasteiger partial charge is 0.271 e. The molecular formula is C7H16O3. The zero-order valence-corrected chi connectivity index (χ0v) is 6.22. The fourth-order valence-electron chi connectivity index (χ4n) is 0.313. The topological polar surface area (TPSA) is 27.7 Å². The van der Waals surface area contributed by atoms with E-state index >= 15 is 0 Å². The molecule has 0 aliphatic rings. The van der Waals surface area contributed by atoms with E-state index in [-0.39, 0.29) is 0 Å². The van der Waals surface area contributed by atoms with Crippen molar-refractivity contribution in [3.05, 3.63) is 0 Å². The lowest BCUT2D eigenvalue weighted by Gasteiger charge is -2.15. The molecule has 0 unspecified atom stereocenters. The minimum atomic E-state index is -2.92. The molecule has 0 atom stereocenters. The van der Waals surface area contributed by atoms with Gasteiger partial charge in [-0.1, -0.05) is 0 Å². The summed E-state index contributed by atoms with van der Waals surface area (Å²) in [5.41, 5.74) is 0. The van der Waals surface area contributed by atoms with Crippen molar-refractivity contribution in [2.45, 2.75) is 27.2 Å². The zero-order valence-electron chi connectivity index (χ0n) is 13.2. The molecule has 0 spiro atoms. The quantitative estimate of drug-likeness (QED) is 0.542. The summed E-state index contributed by atoms with van der Waals surface area (Å²) in [6.45, 7) is -7.10. The summed E-state index contributed by atoms with van der Waals surface area (Å²) in [6.07, 6.45) is 0. The van der Waals surface area contributed by atoms with E-state index in [1.54, 1.807) is 0 Å². The molecule has 0 radical (unpaired) electrons. The van der Waals surface area contributed by atoms with Gasteiger partial charge in [0.1, 0.15) is 1.37 Å². The highest BCUT2D eigenvalue weighted by Gasteiger charge is 2.04. The van der Waals surface area contributed by atoms with Gasteiger partial charge in [0.25, 0.3) is 6.45 Å². The van der Waals surface area contributed by atoms with Gasteiger partial charge in [-0.25, -0.2) is 0 Å². The minimum absolute atomic E-state index is 0.958. The van der Waals surface area contributed by atoms with Crippen LogP contribution in [0, 0.1) is 0 Å². The molecule has 0 bridgehead atoms. The average Bonchev–Trinajstić information content (AvgIpc) is 1.65. The van der Waals surface area contributed by atoms with Crippen LogP contribution in [0.4, 0.5) is 0 Å². The molecule has 0 aromatic heterocycles. The van der Waals surface area contributed by atoms with Crippen molar-refractivity contribution in [1.29, 1.82) is 0 Å². The van der Waals surface area contributed by atoms with Crippen LogP contribution >= 0.6 is 0 Å². The monoisotopic (exact) mass is 155 g/mol. The first-order valence-electron chi connectivity index (χ1n) is 6.22. The maximum absolute atomic E-state index is 7.50. The van der Waals surface area contributed by atoms with E-state index in [0.717, 1.165) is 20.8 Å². The predicted molar refractivity (Wildman–Crippen MR) is 38.7 cm³/mol. The van der Waals surface area contributed by atoms with E-state index < -0.39 is 26.1 Å². The van der Waals surface area contributed by atoms with E-state index in [1.165, 1.54) is 0 Å². The maximum atomic E-state index is 7.50. The Morgan fingerprint density at radius 2 is 1.40 bits per heavy atom. The molecule has 10 heavy (non-hydrogen) atoms. The van der Waals surface area contributed by atoms with Gasteiger partial charge in [0.15, 0.2) is 0 Å². The largest absolute Gasteiger partial charge is 0.330 e. The van der Waals surface area contributed by atoms with Gasteiger partial charge >= 0.3 is 0 Å². The summed E-state index contributed by atoms with van der Waals surface area (Å²) < 4.78 is 63.6. The lowest BCUT2D eigenvalue weighted by atomic mass is 10.8. The Morgan fingerprint density at radius 3 is 1.60 bits per heavy atom. The third-order valence-electron chi connectivity index (χ3n) is 0.556. The van der Waals surface area contributed by atoms with Crippen LogP contribution in [0.3, 0.4) is 0 Å². The highest BCUT2D eigenvalue weighted by Crippen LogP contribution is 1.95. The predicted octanol–water partition coefficient (Wildman–Crippen LogP) is 1.38. The summed E-state index contributed by atoms with van der Waals surface area (Å²) in [5.74, 6) is 0. The SMILES string of the molecule is [2H]C([2H])(C)OC([2H])(OC([2H])([2H])C)OC([2H])([2H])C. The minimum Gasteiger partial charge on any atom is -0.330 e. The van der Waals surface area contributed by atoms with E-state index in [9.17, 15) is 0 Å². The van der Waals surface area contributed by atoms with Crippen LogP contribution in [-0.4, -0.2) is 26.1 Å². The van der Waals surface area contributed by atoms with Crippen LogP contribution in [0.1, 0.15) is 30.4 Å². The fraction of sp³-hybridized carbons (Fsp3) is 1.00. The number of hydrogen-bond donors (Lipinski definition) is 0. The second-order valence-electron chi connectivity index (χ2n) is 1.17. The van der Waals surface area contributed by atoms with Crippen LogP contribution in [0.2, 0.25) is 0 Å². The molecule has 0 saturated carbocycles. The van der Waals surface area contributed by atoms with Gasteiger partial charge in [0, 0.05) is 19.7 Å². The molecule has 0 aliphatic carbocycles. The molecular weight excluding hydrogens is 132 g/mol. The maximum Gasteiger partial charge on any atom is 0.271 e. The number of hydrogen-bond acceptors (Lipinski definition) is 3. The molecule has 3 nitrogen and oxygen atoms in total. The first kappa shape index (κ1) is 3.09. The van der Waals surface area contributed by atoms with Crippen LogP contribution in [-0.2, 0) is 14.2 Å². The van der Waals surface area contributed by atoms with Gasteiger partial charge in [-0.3, -0.25) is 0 Å². The van der Waals surface area contributed by atoms with Crippen molar-refractivity contribution in [3.63, 3.8) is 0 Å². The van der Waals surface area contributed by atoms with Crippen LogP contribution in [0.5, 0.6) is 0 Å². The van der Waals surface area contributed by atoms with Crippen molar-refractivity contribution in [2.24, 2.45) is 0 Å². The van der Waals surface area contributed by atoms with Gasteiger partial charge in [-0.15, -0.1) is 0 Å². The Kier molecular flexibility index (Phi) is 2.16. The lowest BCUT2D eigenvalue weighted by Crippen LogP contribution is -2.20. The van der Waals surface area contributed by atoms with E-state index in [0.29, 0.717) is 0 Å². The third-order valence-corrected chi connectivity index (χ3v) is 0.556. The Hall–Kier alpha value is -0.120. The normalized spacial score (nSPS) is 26.5. The Bertz CT molecular complexity index is 211. The molecule has 0 fully saturated rings. The Balaban J connectivity index is 4.95. The van der Waals surface area contributed by atoms with Gasteiger partial charge in [-0.05, 0) is 20.8 Å². The molecule has 0 aliphatic heterocycles. The molecule has 62 valence electrons. The van der Waals surface area contributed by atoms with E-state index in [1.807, 2.05) is 0 Å². The molecule has 0 heterocycles. The zero-order chi connectivity index (χ0) is 14.1. The van der Waals surface area contributed by atoms with Gasteiger partial charge in [-0.2, -0.15) is 0 Å². The van der Waals surface area contributed by atoms with Crippen molar-refractivity contribution < 1.29 is 23.8 Å². The summed E-state index contributed by atoms with van der Waals surface area (Å²) in [4.78, 5) is 0. The standard InChI is InChI=1S/C7H16O3/c1-4-8-7(9-5-2)10-6-3/h7H,4-6H2,1-3H3/i4D2,5D2,6D2,7D. The van der Waals surface area contributed by atoms with Crippen molar-refractivity contribution in [2.75, 3.05) is 19.7 Å². The molecule has 0 aromatic carbocycles. The first-order valence-corrected chi connectivity index (χ1v) is 2.72. The van der Waals surface area contributed by atoms with Crippen molar-refractivity contribution in [1.82, 2.24) is 0 Å². The first-order chi connectivity index (χ1) is 7.12. The number of ether oxygens (including phenoxy) is 3. The average molecular weight is 155 g/mol. The van der Waals surface area contributed by atoms with E-state index in [2.05, 4.69) is 14.2 Å². The summed E-state index contributed by atoms with van der Waals surface area (Å²) in [7, 11) is 0. The van der Waals surface area contributed by atoms with Crippen molar-refractivity contribution in [3.8, 4) is 0 Å². The van der Waals surface area contributed by atoms with Gasteiger partial charge < -0.3 is 14.2 Å². The molecule has 0 N–H and O–H groups in total. The second-order valence-corrected chi connectivity index (χ2v) is 1.17. The van der Waals surface area contributed by atoms with E-state index in [4.69, 9.17) is 9.60 Å². The molecule has 0 rings (SSSR count). The highest BCUT2D eigenvalue weighted by molar-refractivity contribution is 4.23. The Morgan fingerprint density at radius 1 is 1.10 bits per heavy atom. The summed E-state index contributed by atoms with van der Waals surface area (Å²) >= 11 is 0. The van der Waals surface area contributed by atoms with Gasteiger partial charge in [0.05, 0.1) is 8.22 Å². The lowest BCUT2D eigenvalue weighted by molar-refractivity contribution is -0.282. The van der Waals surface area contributed by atoms with Crippen LogP contribution < -0.4 is 0 Å². The van der Waals surface area contributed by atoms with Crippen LogP contribution in [0.25, 0.3) is 0 Å². The molecule has 0 amide bonds. The Labute approximate surface area is 72.1 Å². The summed E-state index contributed by atoms with van der Waals surface area (Å²) in [5, 5.41) is 0. The molecule has 0 aromatic rings. The van der Waals surface area contributed by atoms with Gasteiger partial charge in [0.2, 0.25) is 0 Å². The number of rotatable bonds is 6. The molecule has 3 heteroatoms. The van der Waals surface area contributed by atoms with Crippen LogP contribution in [0.15, 0.2) is 0 Å².